The monoisotopic (exact) mass is 279 g/mol. The van der Waals surface area contributed by atoms with E-state index in [1.54, 1.807) is 6.20 Å². The molecule has 1 unspecified atom stereocenters. The van der Waals surface area contributed by atoms with E-state index in [9.17, 15) is 4.79 Å². The molecule has 7 nitrogen and oxygen atoms in total. The second-order valence-corrected chi connectivity index (χ2v) is 5.57. The first-order valence-corrected chi connectivity index (χ1v) is 6.85. The average Bonchev–Trinajstić information content (AvgIpc) is 3.08. The molecule has 8 heteroatoms. The Morgan fingerprint density at radius 1 is 1.63 bits per heavy atom. The molecule has 19 heavy (non-hydrogen) atoms. The standard InChI is InChI=1S/C11H13N5O2S/c1-6-5-13-11(19-6)15-9(17)8-14-10(18-16-8)7-3-2-4-12-7/h5,7,12H,2-4H2,1H3,(H,13,15,17). The molecule has 3 rings (SSSR count). The van der Waals surface area contributed by atoms with Crippen LogP contribution in [0.5, 0.6) is 0 Å². The van der Waals surface area contributed by atoms with Gasteiger partial charge in [0.25, 0.3) is 11.7 Å². The molecule has 2 N–H and O–H groups in total. The molecule has 1 aliphatic heterocycles. The van der Waals surface area contributed by atoms with Gasteiger partial charge in [-0.1, -0.05) is 5.16 Å². The lowest BCUT2D eigenvalue weighted by molar-refractivity contribution is 0.101. The first kappa shape index (κ1) is 12.2. The van der Waals surface area contributed by atoms with E-state index >= 15 is 0 Å². The van der Waals surface area contributed by atoms with Crippen LogP contribution in [0.2, 0.25) is 0 Å². The number of aromatic nitrogens is 3. The summed E-state index contributed by atoms with van der Waals surface area (Å²) in [5.41, 5.74) is 0. The maximum Gasteiger partial charge on any atom is 0.298 e. The fourth-order valence-corrected chi connectivity index (χ4v) is 2.59. The van der Waals surface area contributed by atoms with Crippen LogP contribution in [0.4, 0.5) is 5.13 Å². The molecule has 3 heterocycles. The van der Waals surface area contributed by atoms with Gasteiger partial charge in [0.15, 0.2) is 5.13 Å². The number of hydrogen-bond acceptors (Lipinski definition) is 7. The number of nitrogens with one attached hydrogen (secondary N) is 2. The molecule has 2 aromatic heterocycles. The minimum atomic E-state index is -0.401. The van der Waals surface area contributed by atoms with Gasteiger partial charge in [0, 0.05) is 11.1 Å². The third-order valence-corrected chi connectivity index (χ3v) is 3.67. The zero-order valence-electron chi connectivity index (χ0n) is 10.3. The summed E-state index contributed by atoms with van der Waals surface area (Å²) in [4.78, 5) is 21.1. The van der Waals surface area contributed by atoms with Crippen molar-refractivity contribution in [1.29, 1.82) is 0 Å². The van der Waals surface area contributed by atoms with Gasteiger partial charge in [-0.15, -0.1) is 11.3 Å². The molecule has 1 atom stereocenters. The van der Waals surface area contributed by atoms with E-state index in [-0.39, 0.29) is 11.9 Å². The summed E-state index contributed by atoms with van der Waals surface area (Å²) < 4.78 is 5.11. The van der Waals surface area contributed by atoms with Crippen LogP contribution in [0.25, 0.3) is 0 Å². The zero-order chi connectivity index (χ0) is 13.2. The smallest absolute Gasteiger partial charge is 0.298 e. The number of rotatable bonds is 3. The van der Waals surface area contributed by atoms with Crippen LogP contribution >= 0.6 is 11.3 Å². The summed E-state index contributed by atoms with van der Waals surface area (Å²) in [5, 5.41) is 10.1. The van der Waals surface area contributed by atoms with Gasteiger partial charge in [-0.25, -0.2) is 4.98 Å². The van der Waals surface area contributed by atoms with Gasteiger partial charge < -0.3 is 9.84 Å². The number of anilines is 1. The Balaban J connectivity index is 1.69. The van der Waals surface area contributed by atoms with Crippen LogP contribution in [0.1, 0.15) is 40.3 Å². The van der Waals surface area contributed by atoms with E-state index < -0.39 is 5.91 Å². The highest BCUT2D eigenvalue weighted by molar-refractivity contribution is 7.15. The van der Waals surface area contributed by atoms with Crippen molar-refractivity contribution in [2.45, 2.75) is 25.8 Å². The van der Waals surface area contributed by atoms with Crippen LogP contribution in [-0.2, 0) is 0 Å². The molecule has 1 fully saturated rings. The van der Waals surface area contributed by atoms with Crippen molar-refractivity contribution in [3.8, 4) is 0 Å². The Kier molecular flexibility index (Phi) is 3.26. The fraction of sp³-hybridized carbons (Fsp3) is 0.455. The molecular formula is C11H13N5O2S. The molecule has 0 radical (unpaired) electrons. The van der Waals surface area contributed by atoms with Crippen LogP contribution in [0, 0.1) is 6.92 Å². The van der Waals surface area contributed by atoms with E-state index in [0.29, 0.717) is 11.0 Å². The summed E-state index contributed by atoms with van der Waals surface area (Å²) in [6.45, 7) is 2.86. The van der Waals surface area contributed by atoms with Gasteiger partial charge in [-0.05, 0) is 26.3 Å². The molecule has 0 saturated carbocycles. The zero-order valence-corrected chi connectivity index (χ0v) is 11.2. The van der Waals surface area contributed by atoms with Crippen molar-refractivity contribution in [2.75, 3.05) is 11.9 Å². The summed E-state index contributed by atoms with van der Waals surface area (Å²) in [5.74, 6) is 0.108. The number of thiazole rings is 1. The minimum Gasteiger partial charge on any atom is -0.337 e. The van der Waals surface area contributed by atoms with Gasteiger partial charge in [0.1, 0.15) is 0 Å². The molecule has 1 amide bonds. The molecule has 0 spiro atoms. The van der Waals surface area contributed by atoms with Gasteiger partial charge >= 0.3 is 0 Å². The van der Waals surface area contributed by atoms with Gasteiger partial charge in [-0.3, -0.25) is 10.1 Å². The van der Waals surface area contributed by atoms with Crippen LogP contribution in [-0.4, -0.2) is 27.6 Å². The summed E-state index contributed by atoms with van der Waals surface area (Å²) in [6, 6.07) is 0.0659. The lowest BCUT2D eigenvalue weighted by atomic mass is 10.2. The van der Waals surface area contributed by atoms with Crippen LogP contribution in [0.15, 0.2) is 10.7 Å². The number of hydrogen-bond donors (Lipinski definition) is 2. The van der Waals surface area contributed by atoms with E-state index in [4.69, 9.17) is 4.52 Å². The van der Waals surface area contributed by atoms with Gasteiger partial charge in [0.05, 0.1) is 6.04 Å². The third kappa shape index (κ3) is 2.64. The highest BCUT2D eigenvalue weighted by atomic mass is 32.1. The summed E-state index contributed by atoms with van der Waals surface area (Å²) in [6.07, 6.45) is 3.73. The van der Waals surface area contributed by atoms with Crippen molar-refractivity contribution in [1.82, 2.24) is 20.4 Å². The van der Waals surface area contributed by atoms with Crippen LogP contribution in [0.3, 0.4) is 0 Å². The van der Waals surface area contributed by atoms with Crippen molar-refractivity contribution < 1.29 is 9.32 Å². The molecule has 0 aromatic carbocycles. The predicted octanol–water partition coefficient (Wildman–Crippen LogP) is 1.51. The van der Waals surface area contributed by atoms with Crippen molar-refractivity contribution in [3.63, 3.8) is 0 Å². The predicted molar refractivity (Wildman–Crippen MR) is 69.1 cm³/mol. The summed E-state index contributed by atoms with van der Waals surface area (Å²) in [7, 11) is 0. The third-order valence-electron chi connectivity index (χ3n) is 2.84. The molecule has 100 valence electrons. The number of carbonyl (C=O) groups excluding carboxylic acids is 1. The molecule has 1 aliphatic rings. The highest BCUT2D eigenvalue weighted by Gasteiger charge is 2.24. The molecule has 0 bridgehead atoms. The number of carbonyl (C=O) groups is 1. The summed E-state index contributed by atoms with van der Waals surface area (Å²) >= 11 is 1.40. The lowest BCUT2D eigenvalue weighted by Crippen LogP contribution is -2.15. The minimum absolute atomic E-state index is 0.0385. The number of aryl methyl sites for hydroxylation is 1. The molecule has 2 aromatic rings. The number of amides is 1. The first-order valence-electron chi connectivity index (χ1n) is 6.03. The molecular weight excluding hydrogens is 266 g/mol. The lowest BCUT2D eigenvalue weighted by Gasteiger charge is -2.01. The van der Waals surface area contributed by atoms with E-state index in [2.05, 4.69) is 25.8 Å². The fourth-order valence-electron chi connectivity index (χ4n) is 1.93. The van der Waals surface area contributed by atoms with Gasteiger partial charge in [0.2, 0.25) is 5.89 Å². The Morgan fingerprint density at radius 2 is 2.53 bits per heavy atom. The Hall–Kier alpha value is -1.80. The quantitative estimate of drug-likeness (QED) is 0.884. The topological polar surface area (TPSA) is 92.9 Å². The van der Waals surface area contributed by atoms with Crippen molar-refractivity contribution >= 4 is 22.4 Å². The van der Waals surface area contributed by atoms with E-state index in [1.165, 1.54) is 11.3 Å². The van der Waals surface area contributed by atoms with Crippen molar-refractivity contribution in [2.24, 2.45) is 0 Å². The maximum absolute atomic E-state index is 11.9. The normalized spacial score (nSPS) is 18.7. The second kappa shape index (κ2) is 5.06. The maximum atomic E-state index is 11.9. The van der Waals surface area contributed by atoms with Crippen LogP contribution < -0.4 is 10.6 Å². The van der Waals surface area contributed by atoms with Gasteiger partial charge in [-0.2, -0.15) is 4.98 Å². The molecule has 1 saturated heterocycles. The average molecular weight is 279 g/mol. The second-order valence-electron chi connectivity index (χ2n) is 4.34. The van der Waals surface area contributed by atoms with E-state index in [0.717, 1.165) is 24.3 Å². The van der Waals surface area contributed by atoms with Crippen molar-refractivity contribution in [3.05, 3.63) is 22.8 Å². The number of nitrogens with zero attached hydrogens (tertiary/aromatic N) is 3. The first-order chi connectivity index (χ1) is 9.22. The SMILES string of the molecule is Cc1cnc(NC(=O)c2noc(C3CCCN3)n2)s1. The Morgan fingerprint density at radius 3 is 3.21 bits per heavy atom. The molecule has 0 aliphatic carbocycles. The highest BCUT2D eigenvalue weighted by Crippen LogP contribution is 2.21. The Labute approximate surface area is 113 Å². The Bertz CT molecular complexity index is 587. The van der Waals surface area contributed by atoms with E-state index in [1.807, 2.05) is 6.92 Å². The largest absolute Gasteiger partial charge is 0.337 e.